The molecule has 1 N–H and O–H groups in total. The Balaban J connectivity index is 1.94. The van der Waals surface area contributed by atoms with Gasteiger partial charge in [-0.25, -0.2) is 0 Å². The number of carboxylic acid groups (broad SMARTS) is 1. The molecule has 28 heavy (non-hydrogen) atoms. The highest BCUT2D eigenvalue weighted by molar-refractivity contribution is 5.89. The number of nitrogens with zero attached hydrogens (tertiary/aromatic N) is 1. The molecule has 0 unspecified atom stereocenters. The molecule has 0 spiro atoms. The van der Waals surface area contributed by atoms with E-state index in [-0.39, 0.29) is 12.3 Å². The fraction of sp³-hybridized carbons (Fsp3) is 0.304. The number of H-pyrrole nitrogens is 1. The lowest BCUT2D eigenvalue weighted by atomic mass is 9.87. The first kappa shape index (κ1) is 18.3. The van der Waals surface area contributed by atoms with Crippen molar-refractivity contribution >= 4 is 22.8 Å². The Bertz CT molecular complexity index is 1050. The summed E-state index contributed by atoms with van der Waals surface area (Å²) in [6.45, 7) is 5.66. The lowest BCUT2D eigenvalue weighted by Gasteiger charge is -2.42. The second-order valence-electron chi connectivity index (χ2n) is 7.75. The molecule has 5 heteroatoms. The number of amides is 1. The second kappa shape index (κ2) is 6.82. The molecule has 2 aromatic carbocycles. The number of para-hydroxylation sites is 1. The number of nitrogens with one attached hydrogen (secondary N) is 1. The van der Waals surface area contributed by atoms with E-state index in [4.69, 9.17) is 0 Å². The standard InChI is InChI=1S/C23H24N2O3/c1-13(2)15-8-10-16(11-9-15)22-21-18(17-6-4-5-7-19(17)24-21)12-20(23(27)28)25(22)14(3)26/h4-11,13,20,22,24H,12H2,1-3H3,(H,27,28)/p-1/t20-,22+/m0/s1. The van der Waals surface area contributed by atoms with Gasteiger partial charge in [-0.1, -0.05) is 56.3 Å². The van der Waals surface area contributed by atoms with Crippen LogP contribution in [0, 0.1) is 0 Å². The maximum absolute atomic E-state index is 12.5. The molecule has 2 heterocycles. The van der Waals surface area contributed by atoms with Crippen LogP contribution in [0.3, 0.4) is 0 Å². The highest BCUT2D eigenvalue weighted by atomic mass is 16.4. The summed E-state index contributed by atoms with van der Waals surface area (Å²) in [5.74, 6) is -1.12. The van der Waals surface area contributed by atoms with E-state index in [1.807, 2.05) is 48.5 Å². The van der Waals surface area contributed by atoms with Crippen molar-refractivity contribution in [3.63, 3.8) is 0 Å². The van der Waals surface area contributed by atoms with Gasteiger partial charge in [0, 0.05) is 29.9 Å². The summed E-state index contributed by atoms with van der Waals surface area (Å²) in [6.07, 6.45) is 0.238. The highest BCUT2D eigenvalue weighted by Gasteiger charge is 2.39. The Morgan fingerprint density at radius 1 is 1.11 bits per heavy atom. The largest absolute Gasteiger partial charge is 0.548 e. The zero-order chi connectivity index (χ0) is 20.0. The van der Waals surface area contributed by atoms with Gasteiger partial charge >= 0.3 is 0 Å². The Morgan fingerprint density at radius 3 is 2.39 bits per heavy atom. The molecule has 0 saturated carbocycles. The molecule has 0 aliphatic carbocycles. The first-order chi connectivity index (χ1) is 13.4. The van der Waals surface area contributed by atoms with Gasteiger partial charge in [-0.3, -0.25) is 4.79 Å². The average Bonchev–Trinajstić information content (AvgIpc) is 3.04. The van der Waals surface area contributed by atoms with Crippen LogP contribution in [0.1, 0.15) is 55.1 Å². The molecule has 1 aliphatic rings. The number of aromatic amines is 1. The molecule has 4 rings (SSSR count). The lowest BCUT2D eigenvalue weighted by molar-refractivity contribution is -0.312. The maximum atomic E-state index is 12.5. The van der Waals surface area contributed by atoms with Crippen molar-refractivity contribution in [2.45, 2.75) is 45.2 Å². The van der Waals surface area contributed by atoms with Crippen molar-refractivity contribution in [2.24, 2.45) is 0 Å². The lowest BCUT2D eigenvalue weighted by Crippen LogP contribution is -2.55. The molecule has 0 bridgehead atoms. The first-order valence-corrected chi connectivity index (χ1v) is 9.57. The van der Waals surface area contributed by atoms with E-state index in [9.17, 15) is 14.7 Å². The van der Waals surface area contributed by atoms with Crippen molar-refractivity contribution in [2.75, 3.05) is 0 Å². The Hall–Kier alpha value is -3.08. The molecule has 1 aromatic heterocycles. The Labute approximate surface area is 164 Å². The molecule has 5 nitrogen and oxygen atoms in total. The number of aromatic nitrogens is 1. The van der Waals surface area contributed by atoms with Crippen LogP contribution in [-0.2, 0) is 16.0 Å². The van der Waals surface area contributed by atoms with Crippen LogP contribution in [-0.4, -0.2) is 27.8 Å². The smallest absolute Gasteiger partial charge is 0.220 e. The zero-order valence-electron chi connectivity index (χ0n) is 16.2. The van der Waals surface area contributed by atoms with Crippen molar-refractivity contribution in [1.29, 1.82) is 0 Å². The summed E-state index contributed by atoms with van der Waals surface area (Å²) in [5, 5.41) is 12.9. The predicted molar refractivity (Wildman–Crippen MR) is 106 cm³/mol. The molecule has 0 fully saturated rings. The SMILES string of the molecule is CC(=O)N1[C@H](c2ccc(C(C)C)cc2)c2[nH]c3ccccc3c2C[C@H]1C(=O)[O-]. The van der Waals surface area contributed by atoms with Crippen LogP contribution in [0.4, 0.5) is 0 Å². The summed E-state index contributed by atoms with van der Waals surface area (Å²) < 4.78 is 0. The van der Waals surface area contributed by atoms with Gasteiger partial charge in [0.25, 0.3) is 0 Å². The fourth-order valence-corrected chi connectivity index (χ4v) is 4.27. The minimum atomic E-state index is -1.23. The molecule has 1 amide bonds. The topological polar surface area (TPSA) is 76.2 Å². The van der Waals surface area contributed by atoms with Crippen LogP contribution in [0.5, 0.6) is 0 Å². The second-order valence-corrected chi connectivity index (χ2v) is 7.75. The molecular weight excluding hydrogens is 352 g/mol. The Morgan fingerprint density at radius 2 is 1.79 bits per heavy atom. The van der Waals surface area contributed by atoms with Gasteiger partial charge in [0.05, 0.1) is 18.1 Å². The molecule has 1 aliphatic heterocycles. The number of hydrogen-bond acceptors (Lipinski definition) is 3. The summed E-state index contributed by atoms with van der Waals surface area (Å²) in [4.78, 5) is 29.3. The van der Waals surface area contributed by atoms with Gasteiger partial charge in [0.15, 0.2) is 0 Å². The van der Waals surface area contributed by atoms with E-state index in [1.165, 1.54) is 17.4 Å². The van der Waals surface area contributed by atoms with Crippen LogP contribution in [0.15, 0.2) is 48.5 Å². The summed E-state index contributed by atoms with van der Waals surface area (Å²) >= 11 is 0. The fourth-order valence-electron chi connectivity index (χ4n) is 4.27. The number of aliphatic carboxylic acids is 1. The van der Waals surface area contributed by atoms with Crippen molar-refractivity contribution in [3.8, 4) is 0 Å². The minimum absolute atomic E-state index is 0.238. The summed E-state index contributed by atoms with van der Waals surface area (Å²) in [7, 11) is 0. The number of carbonyl (C=O) groups excluding carboxylic acids is 2. The monoisotopic (exact) mass is 375 g/mol. The van der Waals surface area contributed by atoms with E-state index in [1.54, 1.807) is 0 Å². The van der Waals surface area contributed by atoms with E-state index in [0.717, 1.165) is 27.7 Å². The maximum Gasteiger partial charge on any atom is 0.220 e. The van der Waals surface area contributed by atoms with Gasteiger partial charge in [0.1, 0.15) is 0 Å². The quantitative estimate of drug-likeness (QED) is 0.765. The van der Waals surface area contributed by atoms with Crippen LogP contribution in [0.2, 0.25) is 0 Å². The Kier molecular flexibility index (Phi) is 4.46. The normalized spacial score (nSPS) is 19.1. The van der Waals surface area contributed by atoms with Gasteiger partial charge in [-0.05, 0) is 28.7 Å². The van der Waals surface area contributed by atoms with Gasteiger partial charge in [-0.2, -0.15) is 0 Å². The third-order valence-corrected chi connectivity index (χ3v) is 5.69. The van der Waals surface area contributed by atoms with Crippen molar-refractivity contribution in [3.05, 3.63) is 70.9 Å². The van der Waals surface area contributed by atoms with Crippen molar-refractivity contribution in [1.82, 2.24) is 9.88 Å². The van der Waals surface area contributed by atoms with Crippen LogP contribution < -0.4 is 5.11 Å². The molecule has 3 aromatic rings. The first-order valence-electron chi connectivity index (χ1n) is 9.57. The van der Waals surface area contributed by atoms with Crippen LogP contribution >= 0.6 is 0 Å². The molecule has 0 saturated heterocycles. The number of carbonyl (C=O) groups is 2. The van der Waals surface area contributed by atoms with Crippen molar-refractivity contribution < 1.29 is 14.7 Å². The highest BCUT2D eigenvalue weighted by Crippen LogP contribution is 2.41. The summed E-state index contributed by atoms with van der Waals surface area (Å²) in [6, 6.07) is 14.4. The number of hydrogen-bond donors (Lipinski definition) is 1. The zero-order valence-corrected chi connectivity index (χ0v) is 16.2. The molecule has 144 valence electrons. The average molecular weight is 375 g/mol. The molecule has 0 radical (unpaired) electrons. The third kappa shape index (κ3) is 2.87. The third-order valence-electron chi connectivity index (χ3n) is 5.69. The number of benzene rings is 2. The molecule has 2 atom stereocenters. The van der Waals surface area contributed by atoms with E-state index in [0.29, 0.717) is 5.92 Å². The minimum Gasteiger partial charge on any atom is -0.548 e. The van der Waals surface area contributed by atoms with Gasteiger partial charge in [-0.15, -0.1) is 0 Å². The van der Waals surface area contributed by atoms with E-state index in [2.05, 4.69) is 18.8 Å². The predicted octanol–water partition coefficient (Wildman–Crippen LogP) is 2.90. The number of fused-ring (bicyclic) bond motifs is 3. The van der Waals surface area contributed by atoms with Crippen LogP contribution in [0.25, 0.3) is 10.9 Å². The van der Waals surface area contributed by atoms with E-state index >= 15 is 0 Å². The number of rotatable bonds is 3. The van der Waals surface area contributed by atoms with Gasteiger partial charge < -0.3 is 19.8 Å². The summed E-state index contributed by atoms with van der Waals surface area (Å²) in [5.41, 5.74) is 4.85. The molecular formula is C23H23N2O3-. The number of carboxylic acids is 1. The van der Waals surface area contributed by atoms with E-state index < -0.39 is 18.1 Å². The van der Waals surface area contributed by atoms with Gasteiger partial charge in [0.2, 0.25) is 5.91 Å².